The van der Waals surface area contributed by atoms with Crippen molar-refractivity contribution in [3.05, 3.63) is 57.4 Å². The highest BCUT2D eigenvalue weighted by molar-refractivity contribution is 8.26. The van der Waals surface area contributed by atoms with Gasteiger partial charge in [-0.05, 0) is 80.8 Å². The third-order valence-electron chi connectivity index (χ3n) is 6.17. The van der Waals surface area contributed by atoms with E-state index < -0.39 is 5.91 Å². The summed E-state index contributed by atoms with van der Waals surface area (Å²) >= 11 is 7.76. The molecule has 0 atom stereocenters. The van der Waals surface area contributed by atoms with Crippen molar-refractivity contribution in [3.8, 4) is 5.69 Å². The number of aromatic nitrogens is 1. The number of hydrogen-bond donors (Lipinski definition) is 1. The van der Waals surface area contributed by atoms with Gasteiger partial charge in [0.25, 0.3) is 5.91 Å². The average molecular weight is 496 g/mol. The number of rotatable bonds is 8. The quantitative estimate of drug-likeness (QED) is 0.315. The highest BCUT2D eigenvalue weighted by Gasteiger charge is 2.35. The fourth-order valence-electron chi connectivity index (χ4n) is 4.22. The smallest absolute Gasteiger partial charge is 0.283 e. The maximum atomic E-state index is 12.8. The summed E-state index contributed by atoms with van der Waals surface area (Å²) in [4.78, 5) is 17.1. The molecule has 0 spiro atoms. The van der Waals surface area contributed by atoms with Gasteiger partial charge in [-0.3, -0.25) is 10.2 Å². The number of carbonyl (C=O) groups is 1. The molecule has 0 fully saturated rings. The number of amidine groups is 2. The topological polar surface area (TPSA) is 73.8 Å². The first kappa shape index (κ1) is 24.5. The minimum atomic E-state index is -0.397. The van der Waals surface area contributed by atoms with Crippen LogP contribution in [0.4, 0.5) is 0 Å². The fourth-order valence-corrected chi connectivity index (χ4v) is 5.32. The first-order chi connectivity index (χ1) is 16.3. The van der Waals surface area contributed by atoms with E-state index in [9.17, 15) is 4.79 Å². The van der Waals surface area contributed by atoms with E-state index in [0.29, 0.717) is 10.2 Å². The van der Waals surface area contributed by atoms with Crippen LogP contribution in [0.2, 0.25) is 5.02 Å². The zero-order chi connectivity index (χ0) is 24.4. The first-order valence-electron chi connectivity index (χ1n) is 11.7. The van der Waals surface area contributed by atoms with Gasteiger partial charge in [0.15, 0.2) is 5.84 Å². The number of carbonyl (C=O) groups excluding carboxylic acids is 1. The monoisotopic (exact) mass is 495 g/mol. The summed E-state index contributed by atoms with van der Waals surface area (Å²) in [6.45, 7) is 8.19. The van der Waals surface area contributed by atoms with Crippen molar-refractivity contribution in [2.24, 2.45) is 10.1 Å². The van der Waals surface area contributed by atoms with Crippen molar-refractivity contribution >= 4 is 51.4 Å². The Hall–Kier alpha value is -2.64. The Balaban J connectivity index is 1.57. The second-order valence-electron chi connectivity index (χ2n) is 8.77. The highest BCUT2D eigenvalue weighted by Crippen LogP contribution is 2.31. The van der Waals surface area contributed by atoms with Crippen molar-refractivity contribution in [1.29, 1.82) is 5.41 Å². The molecular weight excluding hydrogens is 466 g/mol. The van der Waals surface area contributed by atoms with Crippen LogP contribution >= 0.6 is 23.4 Å². The zero-order valence-electron chi connectivity index (χ0n) is 20.1. The largest absolute Gasteiger partial charge is 0.318 e. The molecule has 2 aliphatic heterocycles. The van der Waals surface area contributed by atoms with Gasteiger partial charge in [0.1, 0.15) is 5.04 Å². The Labute approximate surface area is 210 Å². The number of hydrogen-bond acceptors (Lipinski definition) is 4. The van der Waals surface area contributed by atoms with Gasteiger partial charge in [-0.2, -0.15) is 15.1 Å². The van der Waals surface area contributed by atoms with Crippen LogP contribution in [0.3, 0.4) is 0 Å². The molecule has 178 valence electrons. The van der Waals surface area contributed by atoms with E-state index >= 15 is 0 Å². The molecule has 1 aromatic carbocycles. The first-order valence-corrected chi connectivity index (χ1v) is 12.9. The number of nitrogens with one attached hydrogen (secondary N) is 1. The molecule has 0 unspecified atom stereocenters. The van der Waals surface area contributed by atoms with Crippen LogP contribution in [0.25, 0.3) is 11.8 Å². The summed E-state index contributed by atoms with van der Waals surface area (Å²) in [5.41, 5.74) is 5.09. The van der Waals surface area contributed by atoms with Crippen molar-refractivity contribution < 1.29 is 4.79 Å². The number of aryl methyl sites for hydroxylation is 2. The minimum Gasteiger partial charge on any atom is -0.318 e. The van der Waals surface area contributed by atoms with Gasteiger partial charge in [-0.15, -0.1) is 0 Å². The van der Waals surface area contributed by atoms with Crippen molar-refractivity contribution in [2.45, 2.75) is 66.2 Å². The van der Waals surface area contributed by atoms with Crippen LogP contribution in [0.5, 0.6) is 0 Å². The van der Waals surface area contributed by atoms with Gasteiger partial charge in [0, 0.05) is 22.1 Å². The molecule has 2 aromatic rings. The Bertz CT molecular complexity index is 1240. The van der Waals surface area contributed by atoms with Gasteiger partial charge in [-0.25, -0.2) is 0 Å². The van der Waals surface area contributed by atoms with Crippen LogP contribution in [0.15, 0.2) is 39.9 Å². The van der Waals surface area contributed by atoms with Crippen molar-refractivity contribution in [2.75, 3.05) is 0 Å². The summed E-state index contributed by atoms with van der Waals surface area (Å²) in [5, 5.41) is 16.9. The molecule has 0 saturated carbocycles. The number of hydrazone groups is 1. The second-order valence-corrected chi connectivity index (χ2v) is 10.2. The van der Waals surface area contributed by atoms with E-state index in [1.807, 2.05) is 45.0 Å². The number of aliphatic imine (C=N–C) groups is 1. The fraction of sp³-hybridized carbons (Fsp3) is 0.385. The number of thioether (sulfide) groups is 1. The highest BCUT2D eigenvalue weighted by atomic mass is 35.5. The van der Waals surface area contributed by atoms with Gasteiger partial charge in [-0.1, -0.05) is 50.3 Å². The molecule has 2 aliphatic rings. The minimum absolute atomic E-state index is 0.0756. The number of unbranched alkanes of at least 4 members (excludes halogenated alkanes) is 4. The third-order valence-corrected chi connectivity index (χ3v) is 7.55. The van der Waals surface area contributed by atoms with Crippen LogP contribution < -0.4 is 0 Å². The molecule has 0 bridgehead atoms. The molecule has 8 heteroatoms. The molecule has 0 saturated heterocycles. The van der Waals surface area contributed by atoms with Crippen LogP contribution in [-0.4, -0.2) is 31.5 Å². The zero-order valence-corrected chi connectivity index (χ0v) is 21.7. The number of fused-ring (bicyclic) bond motifs is 1. The molecule has 1 amide bonds. The molecular formula is C26H30ClN5OS. The SMILES string of the molecule is CCCCCCCC1=NN2C(=N)/C(=C/c3cc(C)n(-c4ccc(C)c(Cl)c4)c3C)C(=O)N=C2S1. The van der Waals surface area contributed by atoms with Gasteiger partial charge >= 0.3 is 0 Å². The average Bonchev–Trinajstić information content (AvgIpc) is 3.33. The lowest BCUT2D eigenvalue weighted by atomic mass is 10.1. The Morgan fingerprint density at radius 2 is 1.88 bits per heavy atom. The summed E-state index contributed by atoms with van der Waals surface area (Å²) < 4.78 is 2.10. The third kappa shape index (κ3) is 4.91. The lowest BCUT2D eigenvalue weighted by molar-refractivity contribution is -0.114. The van der Waals surface area contributed by atoms with E-state index in [-0.39, 0.29) is 11.4 Å². The number of nitrogens with zero attached hydrogens (tertiary/aromatic N) is 4. The van der Waals surface area contributed by atoms with Gasteiger partial charge < -0.3 is 4.57 Å². The summed E-state index contributed by atoms with van der Waals surface area (Å²) in [7, 11) is 0. The number of halogens is 1. The predicted octanol–water partition coefficient (Wildman–Crippen LogP) is 7.04. The lowest BCUT2D eigenvalue weighted by Gasteiger charge is -2.20. The van der Waals surface area contributed by atoms with E-state index in [2.05, 4.69) is 21.6 Å². The predicted molar refractivity (Wildman–Crippen MR) is 143 cm³/mol. The van der Waals surface area contributed by atoms with Crippen molar-refractivity contribution in [1.82, 2.24) is 9.58 Å². The molecule has 0 radical (unpaired) electrons. The lowest BCUT2D eigenvalue weighted by Crippen LogP contribution is -2.35. The van der Waals surface area contributed by atoms with E-state index in [1.54, 1.807) is 6.08 Å². The Morgan fingerprint density at radius 1 is 1.12 bits per heavy atom. The summed E-state index contributed by atoms with van der Waals surface area (Å²) in [6.07, 6.45) is 8.54. The van der Waals surface area contributed by atoms with E-state index in [4.69, 9.17) is 17.0 Å². The van der Waals surface area contributed by atoms with Crippen LogP contribution in [0, 0.1) is 26.2 Å². The standard InChI is InChI=1S/C26H30ClN5OS/c1-5-6-7-8-9-10-23-30-32-24(28)21(25(33)29-26(32)34-23)14-19-13-17(3)31(18(19)4)20-12-11-16(2)22(27)15-20/h11-15,28H,5-10H2,1-4H3/b21-14-,28-24?. The van der Waals surface area contributed by atoms with Gasteiger partial charge in [0.2, 0.25) is 5.17 Å². The van der Waals surface area contributed by atoms with Gasteiger partial charge in [0.05, 0.1) is 5.57 Å². The molecule has 4 rings (SSSR count). The van der Waals surface area contributed by atoms with E-state index in [1.165, 1.54) is 42.5 Å². The molecule has 1 aromatic heterocycles. The molecule has 6 nitrogen and oxygen atoms in total. The van der Waals surface area contributed by atoms with Crippen molar-refractivity contribution in [3.63, 3.8) is 0 Å². The number of amides is 1. The maximum absolute atomic E-state index is 12.8. The maximum Gasteiger partial charge on any atom is 0.283 e. The second kappa shape index (κ2) is 10.3. The van der Waals surface area contributed by atoms with Crippen LogP contribution in [0.1, 0.15) is 68.0 Å². The molecule has 1 N–H and O–H groups in total. The normalized spacial score (nSPS) is 16.9. The Morgan fingerprint density at radius 3 is 2.62 bits per heavy atom. The Kier molecular flexibility index (Phi) is 7.43. The summed E-state index contributed by atoms with van der Waals surface area (Å²) in [6, 6.07) is 7.98. The van der Waals surface area contributed by atoms with Crippen LogP contribution in [-0.2, 0) is 4.79 Å². The molecule has 3 heterocycles. The molecule has 0 aliphatic carbocycles. The number of benzene rings is 1. The van der Waals surface area contributed by atoms with E-state index in [0.717, 1.165) is 46.1 Å². The summed E-state index contributed by atoms with van der Waals surface area (Å²) in [5.74, 6) is -0.321. The molecule has 34 heavy (non-hydrogen) atoms.